The Morgan fingerprint density at radius 1 is 1.14 bits per heavy atom. The van der Waals surface area contributed by atoms with Gasteiger partial charge in [-0.1, -0.05) is 48.5 Å². The quantitative estimate of drug-likeness (QED) is 0.862. The van der Waals surface area contributed by atoms with Gasteiger partial charge in [0.25, 0.3) is 5.91 Å². The minimum atomic E-state index is -0.698. The topological polar surface area (TPSA) is 62.1 Å². The molecule has 0 fully saturated rings. The highest BCUT2D eigenvalue weighted by Gasteiger charge is 2.29. The van der Waals surface area contributed by atoms with Gasteiger partial charge in [0.05, 0.1) is 17.0 Å². The molecule has 0 heterocycles. The molecule has 2 aromatic rings. The standard InChI is InChI=1S/C18H18N2O2/c1-18(2,16-10-4-3-5-11-16)17(21)20-22-13-15-9-7-6-8-14(15)12-19/h3-11H,13H2,1-2H3,(H,20,21). The molecule has 1 N–H and O–H groups in total. The molecule has 0 aliphatic carbocycles. The number of nitriles is 1. The van der Waals surface area contributed by atoms with Crippen molar-refractivity contribution in [3.63, 3.8) is 0 Å². The summed E-state index contributed by atoms with van der Waals surface area (Å²) < 4.78 is 0. The Hall–Kier alpha value is -2.64. The van der Waals surface area contributed by atoms with Crippen LogP contribution >= 0.6 is 0 Å². The number of carbonyl (C=O) groups excluding carboxylic acids is 1. The van der Waals surface area contributed by atoms with E-state index in [1.807, 2.05) is 50.2 Å². The number of carbonyl (C=O) groups is 1. The molecule has 0 bridgehead atoms. The molecule has 0 aliphatic heterocycles. The van der Waals surface area contributed by atoms with Gasteiger partial charge in [0.15, 0.2) is 0 Å². The number of hydroxylamine groups is 1. The van der Waals surface area contributed by atoms with Crippen molar-refractivity contribution in [3.8, 4) is 6.07 Å². The molecule has 0 radical (unpaired) electrons. The zero-order valence-electron chi connectivity index (χ0n) is 12.7. The van der Waals surface area contributed by atoms with Gasteiger partial charge in [0.2, 0.25) is 0 Å². The highest BCUT2D eigenvalue weighted by Crippen LogP contribution is 2.23. The van der Waals surface area contributed by atoms with E-state index in [0.717, 1.165) is 11.1 Å². The predicted octanol–water partition coefficient (Wildman–Crippen LogP) is 3.08. The second kappa shape index (κ2) is 6.88. The van der Waals surface area contributed by atoms with Crippen LogP contribution in [0.5, 0.6) is 0 Å². The molecule has 4 heteroatoms. The maximum Gasteiger partial charge on any atom is 0.253 e. The van der Waals surface area contributed by atoms with Crippen LogP contribution in [0.1, 0.15) is 30.5 Å². The van der Waals surface area contributed by atoms with Crippen molar-refractivity contribution in [3.05, 3.63) is 71.3 Å². The van der Waals surface area contributed by atoms with Crippen molar-refractivity contribution >= 4 is 5.91 Å². The minimum Gasteiger partial charge on any atom is -0.272 e. The average molecular weight is 294 g/mol. The van der Waals surface area contributed by atoms with Gasteiger partial charge < -0.3 is 0 Å². The van der Waals surface area contributed by atoms with Crippen LogP contribution in [-0.2, 0) is 21.7 Å². The Balaban J connectivity index is 1.97. The van der Waals surface area contributed by atoms with Crippen molar-refractivity contribution in [2.45, 2.75) is 25.9 Å². The van der Waals surface area contributed by atoms with Crippen LogP contribution in [0.25, 0.3) is 0 Å². The number of nitrogens with zero attached hydrogens (tertiary/aromatic N) is 1. The number of hydrogen-bond donors (Lipinski definition) is 1. The fraction of sp³-hybridized carbons (Fsp3) is 0.222. The Labute approximate surface area is 130 Å². The van der Waals surface area contributed by atoms with Gasteiger partial charge in [0, 0.05) is 0 Å². The third kappa shape index (κ3) is 3.51. The number of amides is 1. The molecule has 2 aromatic carbocycles. The Morgan fingerprint density at radius 3 is 2.45 bits per heavy atom. The van der Waals surface area contributed by atoms with E-state index in [4.69, 9.17) is 10.1 Å². The van der Waals surface area contributed by atoms with Gasteiger partial charge >= 0.3 is 0 Å². The third-order valence-electron chi connectivity index (χ3n) is 3.59. The lowest BCUT2D eigenvalue weighted by Crippen LogP contribution is -2.40. The summed E-state index contributed by atoms with van der Waals surface area (Å²) in [5.74, 6) is -0.229. The summed E-state index contributed by atoms with van der Waals surface area (Å²) in [6, 6.07) is 18.8. The number of rotatable bonds is 5. The smallest absolute Gasteiger partial charge is 0.253 e. The SMILES string of the molecule is CC(C)(C(=O)NOCc1ccccc1C#N)c1ccccc1. The summed E-state index contributed by atoms with van der Waals surface area (Å²) in [4.78, 5) is 17.6. The van der Waals surface area contributed by atoms with Crippen molar-refractivity contribution in [2.24, 2.45) is 0 Å². The van der Waals surface area contributed by atoms with Gasteiger partial charge in [-0.15, -0.1) is 0 Å². The fourth-order valence-corrected chi connectivity index (χ4v) is 2.05. The van der Waals surface area contributed by atoms with Crippen LogP contribution in [0.15, 0.2) is 54.6 Å². The molecule has 4 nitrogen and oxygen atoms in total. The second-order valence-corrected chi connectivity index (χ2v) is 5.48. The van der Waals surface area contributed by atoms with Crippen molar-refractivity contribution in [2.75, 3.05) is 0 Å². The van der Waals surface area contributed by atoms with Gasteiger partial charge in [-0.2, -0.15) is 5.26 Å². The molecule has 112 valence electrons. The van der Waals surface area contributed by atoms with Gasteiger partial charge in [-0.3, -0.25) is 9.63 Å². The van der Waals surface area contributed by atoms with Crippen LogP contribution in [0.3, 0.4) is 0 Å². The summed E-state index contributed by atoms with van der Waals surface area (Å²) in [7, 11) is 0. The number of benzene rings is 2. The van der Waals surface area contributed by atoms with Gasteiger partial charge in [0.1, 0.15) is 6.61 Å². The lowest BCUT2D eigenvalue weighted by Gasteiger charge is -2.23. The first-order valence-electron chi connectivity index (χ1n) is 7.01. The molecule has 0 aliphatic rings. The molecule has 22 heavy (non-hydrogen) atoms. The minimum absolute atomic E-state index is 0.153. The highest BCUT2D eigenvalue weighted by atomic mass is 16.6. The molecule has 1 amide bonds. The lowest BCUT2D eigenvalue weighted by atomic mass is 9.84. The Morgan fingerprint density at radius 2 is 1.77 bits per heavy atom. The summed E-state index contributed by atoms with van der Waals surface area (Å²) >= 11 is 0. The molecule has 0 atom stereocenters. The molecule has 0 spiro atoms. The molecular weight excluding hydrogens is 276 g/mol. The first kappa shape index (κ1) is 15.7. The molecule has 0 unspecified atom stereocenters. The van der Waals surface area contributed by atoms with Crippen molar-refractivity contribution in [1.82, 2.24) is 5.48 Å². The van der Waals surface area contributed by atoms with Crippen LogP contribution in [-0.4, -0.2) is 5.91 Å². The van der Waals surface area contributed by atoms with Crippen molar-refractivity contribution in [1.29, 1.82) is 5.26 Å². The first-order valence-corrected chi connectivity index (χ1v) is 7.01. The van der Waals surface area contributed by atoms with E-state index in [-0.39, 0.29) is 12.5 Å². The predicted molar refractivity (Wildman–Crippen MR) is 83.6 cm³/mol. The normalized spacial score (nSPS) is 10.8. The lowest BCUT2D eigenvalue weighted by molar-refractivity contribution is -0.139. The summed E-state index contributed by atoms with van der Waals surface area (Å²) in [5, 5.41) is 9.01. The van der Waals surface area contributed by atoms with Crippen LogP contribution in [0.4, 0.5) is 0 Å². The summed E-state index contributed by atoms with van der Waals surface area (Å²) in [6.45, 7) is 3.83. The van der Waals surface area contributed by atoms with E-state index >= 15 is 0 Å². The fourth-order valence-electron chi connectivity index (χ4n) is 2.05. The van der Waals surface area contributed by atoms with E-state index in [0.29, 0.717) is 5.56 Å². The molecular formula is C18H18N2O2. The van der Waals surface area contributed by atoms with Crippen LogP contribution in [0, 0.1) is 11.3 Å². The zero-order valence-corrected chi connectivity index (χ0v) is 12.7. The second-order valence-electron chi connectivity index (χ2n) is 5.48. The third-order valence-corrected chi connectivity index (χ3v) is 3.59. The summed E-state index contributed by atoms with van der Waals surface area (Å²) in [5.41, 5.74) is 3.96. The Bertz CT molecular complexity index is 688. The first-order chi connectivity index (χ1) is 10.6. The molecule has 2 rings (SSSR count). The Kier molecular flexibility index (Phi) is 4.92. The number of nitrogens with one attached hydrogen (secondary N) is 1. The number of hydrogen-bond acceptors (Lipinski definition) is 3. The zero-order chi connectivity index (χ0) is 16.0. The monoisotopic (exact) mass is 294 g/mol. The highest BCUT2D eigenvalue weighted by molar-refractivity contribution is 5.86. The van der Waals surface area contributed by atoms with E-state index < -0.39 is 5.41 Å². The van der Waals surface area contributed by atoms with E-state index in [9.17, 15) is 4.79 Å². The van der Waals surface area contributed by atoms with Crippen LogP contribution in [0.2, 0.25) is 0 Å². The average Bonchev–Trinajstić information content (AvgIpc) is 2.56. The van der Waals surface area contributed by atoms with E-state index in [2.05, 4.69) is 11.5 Å². The van der Waals surface area contributed by atoms with Gasteiger partial charge in [-0.25, -0.2) is 5.48 Å². The summed E-state index contributed by atoms with van der Waals surface area (Å²) in [6.07, 6.45) is 0. The molecule has 0 saturated carbocycles. The van der Waals surface area contributed by atoms with Crippen molar-refractivity contribution < 1.29 is 9.63 Å². The van der Waals surface area contributed by atoms with E-state index in [1.54, 1.807) is 18.2 Å². The van der Waals surface area contributed by atoms with Gasteiger partial charge in [-0.05, 0) is 31.0 Å². The molecule has 0 aromatic heterocycles. The maximum atomic E-state index is 12.3. The van der Waals surface area contributed by atoms with E-state index in [1.165, 1.54) is 0 Å². The van der Waals surface area contributed by atoms with Crippen LogP contribution < -0.4 is 5.48 Å². The largest absolute Gasteiger partial charge is 0.272 e. The maximum absolute atomic E-state index is 12.3. The molecule has 0 saturated heterocycles.